The zero-order valence-corrected chi connectivity index (χ0v) is 11.3. The summed E-state index contributed by atoms with van der Waals surface area (Å²) in [7, 11) is 3.85. The van der Waals surface area contributed by atoms with Crippen molar-refractivity contribution in [1.82, 2.24) is 4.90 Å². The second-order valence-electron chi connectivity index (χ2n) is 4.76. The van der Waals surface area contributed by atoms with Gasteiger partial charge in [0, 0.05) is 32.4 Å². The van der Waals surface area contributed by atoms with Gasteiger partial charge in [-0.05, 0) is 12.5 Å². The van der Waals surface area contributed by atoms with Crippen LogP contribution < -0.4 is 4.90 Å². The van der Waals surface area contributed by atoms with Crippen molar-refractivity contribution in [2.45, 2.75) is 19.8 Å². The third kappa shape index (κ3) is 2.26. The predicted octanol–water partition coefficient (Wildman–Crippen LogP) is 2.74. The van der Waals surface area contributed by atoms with Gasteiger partial charge in [0.25, 0.3) is 5.91 Å². The Bertz CT molecular complexity index is 479. The molecule has 0 spiro atoms. The molecule has 1 heterocycles. The molecule has 2 rings (SSSR count). The van der Waals surface area contributed by atoms with E-state index in [1.165, 1.54) is 0 Å². The van der Waals surface area contributed by atoms with Gasteiger partial charge in [-0.1, -0.05) is 31.5 Å². The van der Waals surface area contributed by atoms with Crippen molar-refractivity contribution in [3.63, 3.8) is 0 Å². The number of fused-ring (bicyclic) bond motifs is 1. The Morgan fingerprint density at radius 2 is 2.06 bits per heavy atom. The molecule has 1 aliphatic rings. The minimum Gasteiger partial charge on any atom is -0.380 e. The Labute approximate surface area is 109 Å². The molecule has 0 unspecified atom stereocenters. The van der Waals surface area contributed by atoms with E-state index in [9.17, 15) is 4.79 Å². The Morgan fingerprint density at radius 3 is 2.78 bits per heavy atom. The second kappa shape index (κ2) is 5.25. The third-order valence-electron chi connectivity index (χ3n) is 3.30. The highest BCUT2D eigenvalue weighted by atomic mass is 16.2. The molecule has 18 heavy (non-hydrogen) atoms. The number of carbonyl (C=O) groups excluding carboxylic acids is 1. The maximum absolute atomic E-state index is 12.2. The van der Waals surface area contributed by atoms with Gasteiger partial charge in [-0.25, -0.2) is 0 Å². The molecule has 0 N–H and O–H groups in total. The van der Waals surface area contributed by atoms with Crippen molar-refractivity contribution >= 4 is 17.2 Å². The van der Waals surface area contributed by atoms with Crippen LogP contribution in [0.5, 0.6) is 0 Å². The normalized spacial score (nSPS) is 16.3. The molecular weight excluding hydrogens is 224 g/mol. The molecule has 0 saturated carbocycles. The maximum atomic E-state index is 12.2. The summed E-state index contributed by atoms with van der Waals surface area (Å²) in [6.45, 7) is 3.16. The summed E-state index contributed by atoms with van der Waals surface area (Å²) in [5, 5.41) is 0. The van der Waals surface area contributed by atoms with E-state index in [2.05, 4.69) is 11.8 Å². The molecule has 1 aromatic rings. The molecule has 3 nitrogen and oxygen atoms in total. The zero-order chi connectivity index (χ0) is 13.1. The lowest BCUT2D eigenvalue weighted by Gasteiger charge is -2.14. The average molecular weight is 244 g/mol. The standard InChI is InChI=1S/C15H20N2O/c1-4-5-10-16(2)11-13-12-8-6-7-9-14(12)17(3)15(13)18/h6-9,11H,4-5,10H2,1-3H3/b13-11-. The van der Waals surface area contributed by atoms with E-state index in [1.54, 1.807) is 4.90 Å². The van der Waals surface area contributed by atoms with Crippen molar-refractivity contribution < 1.29 is 4.79 Å². The molecule has 0 fully saturated rings. The van der Waals surface area contributed by atoms with Crippen molar-refractivity contribution in [3.8, 4) is 0 Å². The van der Waals surface area contributed by atoms with Crippen LogP contribution in [0.2, 0.25) is 0 Å². The van der Waals surface area contributed by atoms with E-state index in [4.69, 9.17) is 0 Å². The first-order valence-corrected chi connectivity index (χ1v) is 6.44. The number of benzene rings is 1. The predicted molar refractivity (Wildman–Crippen MR) is 75.4 cm³/mol. The van der Waals surface area contributed by atoms with Crippen LogP contribution in [0.1, 0.15) is 25.3 Å². The summed E-state index contributed by atoms with van der Waals surface area (Å²) >= 11 is 0. The smallest absolute Gasteiger partial charge is 0.260 e. The minimum atomic E-state index is 0.0829. The first-order chi connectivity index (χ1) is 8.65. The molecule has 0 saturated heterocycles. The largest absolute Gasteiger partial charge is 0.380 e. The molecule has 0 radical (unpaired) electrons. The average Bonchev–Trinajstić information content (AvgIpc) is 2.62. The van der Waals surface area contributed by atoms with Crippen LogP contribution in [0.4, 0.5) is 5.69 Å². The summed E-state index contributed by atoms with van der Waals surface area (Å²) in [5.74, 6) is 0.0829. The molecule has 0 aliphatic carbocycles. The van der Waals surface area contributed by atoms with E-state index < -0.39 is 0 Å². The number of hydrogen-bond acceptors (Lipinski definition) is 2. The molecule has 1 aliphatic heterocycles. The number of rotatable bonds is 4. The lowest BCUT2D eigenvalue weighted by molar-refractivity contribution is -0.112. The molecule has 0 bridgehead atoms. The fraction of sp³-hybridized carbons (Fsp3) is 0.400. The Kier molecular flexibility index (Phi) is 3.70. The lowest BCUT2D eigenvalue weighted by Crippen LogP contribution is -2.21. The highest BCUT2D eigenvalue weighted by molar-refractivity contribution is 6.32. The number of likely N-dealkylation sites (N-methyl/N-ethyl adjacent to an activating group) is 1. The van der Waals surface area contributed by atoms with Crippen molar-refractivity contribution in [3.05, 3.63) is 36.0 Å². The van der Waals surface area contributed by atoms with Gasteiger partial charge in [0.05, 0.1) is 11.3 Å². The summed E-state index contributed by atoms with van der Waals surface area (Å²) < 4.78 is 0. The zero-order valence-electron chi connectivity index (χ0n) is 11.3. The highest BCUT2D eigenvalue weighted by Crippen LogP contribution is 2.35. The number of hydrogen-bond donors (Lipinski definition) is 0. The Morgan fingerprint density at radius 1 is 1.33 bits per heavy atom. The van der Waals surface area contributed by atoms with Crippen molar-refractivity contribution in [2.24, 2.45) is 0 Å². The van der Waals surface area contributed by atoms with Gasteiger partial charge in [0.15, 0.2) is 0 Å². The SMILES string of the molecule is CCCCN(C)/C=C1\C(=O)N(C)c2ccccc21. The van der Waals surface area contributed by atoms with Crippen LogP contribution in [0.25, 0.3) is 5.57 Å². The van der Waals surface area contributed by atoms with E-state index in [-0.39, 0.29) is 5.91 Å². The monoisotopic (exact) mass is 244 g/mol. The summed E-state index contributed by atoms with van der Waals surface area (Å²) in [6, 6.07) is 7.94. The van der Waals surface area contributed by atoms with Crippen LogP contribution in [-0.2, 0) is 4.79 Å². The van der Waals surface area contributed by atoms with Gasteiger partial charge in [-0.15, -0.1) is 0 Å². The Balaban J connectivity index is 2.28. The molecule has 3 heteroatoms. The number of carbonyl (C=O) groups is 1. The lowest BCUT2D eigenvalue weighted by atomic mass is 10.1. The van der Waals surface area contributed by atoms with E-state index in [0.717, 1.165) is 36.2 Å². The van der Waals surface area contributed by atoms with Crippen molar-refractivity contribution in [2.75, 3.05) is 25.5 Å². The first-order valence-electron chi connectivity index (χ1n) is 6.44. The summed E-state index contributed by atoms with van der Waals surface area (Å²) in [6.07, 6.45) is 4.28. The van der Waals surface area contributed by atoms with E-state index in [0.29, 0.717) is 0 Å². The van der Waals surface area contributed by atoms with Crippen molar-refractivity contribution in [1.29, 1.82) is 0 Å². The van der Waals surface area contributed by atoms with Gasteiger partial charge in [-0.2, -0.15) is 0 Å². The number of unbranched alkanes of at least 4 members (excludes halogenated alkanes) is 1. The molecule has 1 aromatic carbocycles. The van der Waals surface area contributed by atoms with Gasteiger partial charge in [0.2, 0.25) is 0 Å². The third-order valence-corrected chi connectivity index (χ3v) is 3.30. The number of para-hydroxylation sites is 1. The highest BCUT2D eigenvalue weighted by Gasteiger charge is 2.29. The summed E-state index contributed by atoms with van der Waals surface area (Å²) in [5.41, 5.74) is 2.83. The number of anilines is 1. The first kappa shape index (κ1) is 12.7. The van der Waals surface area contributed by atoms with Crippen LogP contribution >= 0.6 is 0 Å². The van der Waals surface area contributed by atoms with Gasteiger partial charge < -0.3 is 9.80 Å². The van der Waals surface area contributed by atoms with Crippen LogP contribution in [0.3, 0.4) is 0 Å². The molecular formula is C15H20N2O. The number of amides is 1. The van der Waals surface area contributed by atoms with E-state index in [1.807, 2.05) is 44.6 Å². The van der Waals surface area contributed by atoms with E-state index >= 15 is 0 Å². The Hall–Kier alpha value is -1.77. The topological polar surface area (TPSA) is 23.6 Å². The maximum Gasteiger partial charge on any atom is 0.260 e. The molecule has 1 amide bonds. The molecule has 96 valence electrons. The number of nitrogens with zero attached hydrogens (tertiary/aromatic N) is 2. The molecule has 0 atom stereocenters. The summed E-state index contributed by atoms with van der Waals surface area (Å²) in [4.78, 5) is 16.0. The van der Waals surface area contributed by atoms with Gasteiger partial charge in [0.1, 0.15) is 0 Å². The minimum absolute atomic E-state index is 0.0829. The second-order valence-corrected chi connectivity index (χ2v) is 4.76. The van der Waals surface area contributed by atoms with Gasteiger partial charge in [-0.3, -0.25) is 4.79 Å². The van der Waals surface area contributed by atoms with Crippen LogP contribution in [0, 0.1) is 0 Å². The fourth-order valence-corrected chi connectivity index (χ4v) is 2.22. The van der Waals surface area contributed by atoms with Crippen LogP contribution in [-0.4, -0.2) is 31.4 Å². The van der Waals surface area contributed by atoms with Crippen LogP contribution in [0.15, 0.2) is 30.5 Å². The molecule has 0 aromatic heterocycles. The quantitative estimate of drug-likeness (QED) is 0.760. The fourth-order valence-electron chi connectivity index (χ4n) is 2.22. The van der Waals surface area contributed by atoms with Gasteiger partial charge >= 0.3 is 0 Å².